The molecular weight excluding hydrogens is 422 g/mol. The van der Waals surface area contributed by atoms with Crippen LogP contribution < -0.4 is 15.5 Å². The second kappa shape index (κ2) is 9.83. The van der Waals surface area contributed by atoms with Gasteiger partial charge in [0.2, 0.25) is 11.8 Å². The van der Waals surface area contributed by atoms with E-state index in [1.165, 1.54) is 11.8 Å². The fourth-order valence-corrected chi connectivity index (χ4v) is 4.31. The van der Waals surface area contributed by atoms with E-state index in [1.807, 2.05) is 11.0 Å². The van der Waals surface area contributed by atoms with Crippen LogP contribution in [0.4, 0.5) is 21.9 Å². The molecule has 33 heavy (non-hydrogen) atoms. The highest BCUT2D eigenvalue weighted by molar-refractivity contribution is 6.19. The highest BCUT2D eigenvalue weighted by atomic mass is 16.2. The predicted molar refractivity (Wildman–Crippen MR) is 125 cm³/mol. The number of carbonyl (C=O) groups excluding carboxylic acids is 4. The van der Waals surface area contributed by atoms with E-state index in [0.29, 0.717) is 43.0 Å². The molecule has 2 heterocycles. The minimum absolute atomic E-state index is 0.0242. The molecule has 0 spiro atoms. The fraction of sp³-hybridized carbons (Fsp3) is 0.333. The van der Waals surface area contributed by atoms with Crippen LogP contribution in [0.3, 0.4) is 0 Å². The average Bonchev–Trinajstić information content (AvgIpc) is 3.08. The number of hydrogen-bond donors (Lipinski definition) is 2. The van der Waals surface area contributed by atoms with Gasteiger partial charge in [0.15, 0.2) is 0 Å². The molecule has 0 aliphatic carbocycles. The van der Waals surface area contributed by atoms with E-state index in [0.717, 1.165) is 0 Å². The standard InChI is InChI=1S/C24H27N5O4/c1-17(30)25-18-6-5-7-19(14-18)26-22(31)15-27-12-10-20(11-13-27)28-16-23(32)29(24(28)33)21-8-3-2-4-9-21/h2-9,14,20H,10-13,15-16H2,1H3,(H,25,30)(H,26,31). The minimum atomic E-state index is -0.276. The number of hydrogen-bond acceptors (Lipinski definition) is 5. The van der Waals surface area contributed by atoms with E-state index >= 15 is 0 Å². The van der Waals surface area contributed by atoms with Crippen LogP contribution in [-0.4, -0.2) is 65.8 Å². The number of imide groups is 1. The Kier molecular flexibility index (Phi) is 6.69. The molecule has 0 atom stereocenters. The fourth-order valence-electron chi connectivity index (χ4n) is 4.31. The third-order valence-corrected chi connectivity index (χ3v) is 5.84. The zero-order chi connectivity index (χ0) is 23.4. The van der Waals surface area contributed by atoms with Gasteiger partial charge in [-0.25, -0.2) is 9.69 Å². The van der Waals surface area contributed by atoms with Gasteiger partial charge in [0, 0.05) is 37.4 Å². The Morgan fingerprint density at radius 2 is 1.61 bits per heavy atom. The number of urea groups is 1. The molecule has 172 valence electrons. The largest absolute Gasteiger partial charge is 0.332 e. The molecule has 0 unspecified atom stereocenters. The van der Waals surface area contributed by atoms with Crippen LogP contribution in [0.5, 0.6) is 0 Å². The topological polar surface area (TPSA) is 102 Å². The summed E-state index contributed by atoms with van der Waals surface area (Å²) < 4.78 is 0. The van der Waals surface area contributed by atoms with Crippen LogP contribution in [0, 0.1) is 0 Å². The lowest BCUT2D eigenvalue weighted by Gasteiger charge is -2.35. The molecule has 0 aromatic heterocycles. The number of benzene rings is 2. The first-order chi connectivity index (χ1) is 15.9. The number of nitrogens with one attached hydrogen (secondary N) is 2. The Labute approximate surface area is 192 Å². The first-order valence-electron chi connectivity index (χ1n) is 11.0. The van der Waals surface area contributed by atoms with Crippen molar-refractivity contribution in [1.82, 2.24) is 9.80 Å². The Morgan fingerprint density at radius 3 is 2.27 bits per heavy atom. The molecule has 2 saturated heterocycles. The Morgan fingerprint density at radius 1 is 0.939 bits per heavy atom. The molecule has 2 aliphatic rings. The minimum Gasteiger partial charge on any atom is -0.326 e. The summed E-state index contributed by atoms with van der Waals surface area (Å²) in [5, 5.41) is 5.55. The molecule has 2 N–H and O–H groups in total. The molecule has 2 aliphatic heterocycles. The Balaban J connectivity index is 1.28. The van der Waals surface area contributed by atoms with Gasteiger partial charge >= 0.3 is 6.03 Å². The number of nitrogens with zero attached hydrogens (tertiary/aromatic N) is 3. The second-order valence-corrected chi connectivity index (χ2v) is 8.29. The van der Waals surface area contributed by atoms with Crippen molar-refractivity contribution in [2.75, 3.05) is 41.7 Å². The van der Waals surface area contributed by atoms with Crippen molar-refractivity contribution >= 4 is 40.8 Å². The lowest BCUT2D eigenvalue weighted by Crippen LogP contribution is -2.48. The molecule has 2 fully saturated rings. The van der Waals surface area contributed by atoms with Crippen molar-refractivity contribution in [2.45, 2.75) is 25.8 Å². The SMILES string of the molecule is CC(=O)Nc1cccc(NC(=O)CN2CCC(N3CC(=O)N(c4ccccc4)C3=O)CC2)c1. The van der Waals surface area contributed by atoms with Crippen molar-refractivity contribution in [3.8, 4) is 0 Å². The van der Waals surface area contributed by atoms with Gasteiger partial charge < -0.3 is 15.5 Å². The summed E-state index contributed by atoms with van der Waals surface area (Å²) in [5.41, 5.74) is 1.82. The van der Waals surface area contributed by atoms with Crippen LogP contribution >= 0.6 is 0 Å². The first kappa shape index (κ1) is 22.5. The molecule has 4 rings (SSSR count). The van der Waals surface area contributed by atoms with E-state index < -0.39 is 0 Å². The predicted octanol–water partition coefficient (Wildman–Crippen LogP) is 2.52. The van der Waals surface area contributed by atoms with Crippen molar-refractivity contribution in [3.63, 3.8) is 0 Å². The number of likely N-dealkylation sites (tertiary alicyclic amines) is 1. The van der Waals surface area contributed by atoms with E-state index in [4.69, 9.17) is 0 Å². The molecule has 2 aromatic carbocycles. The third kappa shape index (κ3) is 5.38. The number of amides is 5. The van der Waals surface area contributed by atoms with Crippen LogP contribution in [0.25, 0.3) is 0 Å². The van der Waals surface area contributed by atoms with Crippen LogP contribution in [-0.2, 0) is 14.4 Å². The van der Waals surface area contributed by atoms with Gasteiger partial charge in [0.05, 0.1) is 12.2 Å². The average molecular weight is 450 g/mol. The van der Waals surface area contributed by atoms with E-state index in [9.17, 15) is 19.2 Å². The molecule has 9 heteroatoms. The highest BCUT2D eigenvalue weighted by Crippen LogP contribution is 2.26. The zero-order valence-electron chi connectivity index (χ0n) is 18.5. The molecule has 5 amide bonds. The lowest BCUT2D eigenvalue weighted by molar-refractivity contribution is -0.117. The van der Waals surface area contributed by atoms with Gasteiger partial charge in [-0.05, 0) is 43.2 Å². The van der Waals surface area contributed by atoms with Gasteiger partial charge in [-0.3, -0.25) is 19.3 Å². The molecule has 0 saturated carbocycles. The molecular formula is C24H27N5O4. The smallest absolute Gasteiger partial charge is 0.326 e. The summed E-state index contributed by atoms with van der Waals surface area (Å²) >= 11 is 0. The normalized spacial score (nSPS) is 17.4. The zero-order valence-corrected chi connectivity index (χ0v) is 18.5. The number of rotatable bonds is 6. The van der Waals surface area contributed by atoms with Crippen molar-refractivity contribution < 1.29 is 19.2 Å². The first-order valence-corrected chi connectivity index (χ1v) is 11.0. The van der Waals surface area contributed by atoms with Gasteiger partial charge in [0.1, 0.15) is 6.54 Å². The number of anilines is 3. The lowest BCUT2D eigenvalue weighted by atomic mass is 10.0. The quantitative estimate of drug-likeness (QED) is 0.660. The molecule has 0 radical (unpaired) electrons. The van der Waals surface area contributed by atoms with Gasteiger partial charge in [0.25, 0.3) is 5.91 Å². The van der Waals surface area contributed by atoms with Crippen LogP contribution in [0.1, 0.15) is 19.8 Å². The van der Waals surface area contributed by atoms with Crippen molar-refractivity contribution in [1.29, 1.82) is 0 Å². The molecule has 0 bridgehead atoms. The van der Waals surface area contributed by atoms with Gasteiger partial charge in [-0.2, -0.15) is 0 Å². The molecule has 9 nitrogen and oxygen atoms in total. The number of carbonyl (C=O) groups is 4. The maximum atomic E-state index is 12.9. The third-order valence-electron chi connectivity index (χ3n) is 5.84. The summed E-state index contributed by atoms with van der Waals surface area (Å²) in [6, 6.07) is 15.7. The van der Waals surface area contributed by atoms with Gasteiger partial charge in [-0.1, -0.05) is 24.3 Å². The van der Waals surface area contributed by atoms with Crippen molar-refractivity contribution in [3.05, 3.63) is 54.6 Å². The summed E-state index contributed by atoms with van der Waals surface area (Å²) in [6.07, 6.45) is 1.40. The highest BCUT2D eigenvalue weighted by Gasteiger charge is 2.41. The maximum Gasteiger partial charge on any atom is 0.332 e. The van der Waals surface area contributed by atoms with Crippen LogP contribution in [0.15, 0.2) is 54.6 Å². The van der Waals surface area contributed by atoms with Crippen LogP contribution in [0.2, 0.25) is 0 Å². The number of para-hydroxylation sites is 1. The van der Waals surface area contributed by atoms with E-state index in [2.05, 4.69) is 10.6 Å². The van der Waals surface area contributed by atoms with E-state index in [-0.39, 0.29) is 42.9 Å². The summed E-state index contributed by atoms with van der Waals surface area (Å²) in [5.74, 6) is -0.531. The summed E-state index contributed by atoms with van der Waals surface area (Å²) in [7, 11) is 0. The van der Waals surface area contributed by atoms with Crippen molar-refractivity contribution in [2.24, 2.45) is 0 Å². The maximum absolute atomic E-state index is 12.9. The summed E-state index contributed by atoms with van der Waals surface area (Å²) in [4.78, 5) is 54.0. The Bertz CT molecular complexity index is 1050. The summed E-state index contributed by atoms with van der Waals surface area (Å²) in [6.45, 7) is 3.07. The molecule has 2 aromatic rings. The number of piperidine rings is 1. The monoisotopic (exact) mass is 449 g/mol. The Hall–Kier alpha value is -3.72. The van der Waals surface area contributed by atoms with Gasteiger partial charge in [-0.15, -0.1) is 0 Å². The van der Waals surface area contributed by atoms with E-state index in [1.54, 1.807) is 53.4 Å². The second-order valence-electron chi connectivity index (χ2n) is 8.29.